The van der Waals surface area contributed by atoms with Crippen LogP contribution in [0.3, 0.4) is 0 Å². The van der Waals surface area contributed by atoms with Crippen LogP contribution in [0.2, 0.25) is 0 Å². The monoisotopic (exact) mass is 224 g/mol. The van der Waals surface area contributed by atoms with Gasteiger partial charge in [-0.3, -0.25) is 0 Å². The Labute approximate surface area is 93.9 Å². The van der Waals surface area contributed by atoms with Crippen LogP contribution in [-0.2, 0) is 0 Å². The first-order valence-corrected chi connectivity index (χ1v) is 5.26. The average molecular weight is 224 g/mol. The number of ether oxygens (including phenoxy) is 1. The van der Waals surface area contributed by atoms with E-state index >= 15 is 0 Å². The summed E-state index contributed by atoms with van der Waals surface area (Å²) in [6, 6.07) is 1.65. The summed E-state index contributed by atoms with van der Waals surface area (Å²) in [5.41, 5.74) is 4.93. The number of hydrogen-bond acceptors (Lipinski definition) is 6. The Kier molecular flexibility index (Phi) is 2.82. The second-order valence-electron chi connectivity index (χ2n) is 4.09. The Morgan fingerprint density at radius 2 is 2.31 bits per heavy atom. The second kappa shape index (κ2) is 4.13. The molecular weight excluding hydrogens is 208 g/mol. The van der Waals surface area contributed by atoms with E-state index in [1.54, 1.807) is 6.07 Å². The van der Waals surface area contributed by atoms with Crippen LogP contribution in [0.4, 0.5) is 11.8 Å². The van der Waals surface area contributed by atoms with Crippen LogP contribution in [0.1, 0.15) is 19.3 Å². The fraction of sp³-hybridized carbons (Fsp3) is 0.600. The molecule has 1 heterocycles. The molecule has 0 bridgehead atoms. The molecule has 0 spiro atoms. The number of methoxy groups -OCH3 is 1. The van der Waals surface area contributed by atoms with Gasteiger partial charge in [-0.2, -0.15) is 9.97 Å². The summed E-state index contributed by atoms with van der Waals surface area (Å²) in [5, 5.41) is 12.9. The van der Waals surface area contributed by atoms with Gasteiger partial charge in [0.05, 0.1) is 12.7 Å². The SMILES string of the molecule is COc1cc(NCC2(O)CCC2)nc(N)n1. The van der Waals surface area contributed by atoms with Crippen LogP contribution in [0.5, 0.6) is 5.88 Å². The Bertz CT molecular complexity index is 379. The number of aromatic nitrogens is 2. The van der Waals surface area contributed by atoms with Crippen molar-refractivity contribution in [3.63, 3.8) is 0 Å². The number of nitrogens with zero attached hydrogens (tertiary/aromatic N) is 2. The minimum absolute atomic E-state index is 0.155. The highest BCUT2D eigenvalue weighted by atomic mass is 16.5. The number of rotatable bonds is 4. The van der Waals surface area contributed by atoms with Crippen molar-refractivity contribution in [1.29, 1.82) is 0 Å². The molecule has 0 amide bonds. The Morgan fingerprint density at radius 1 is 1.56 bits per heavy atom. The molecule has 1 aliphatic rings. The van der Waals surface area contributed by atoms with Gasteiger partial charge in [-0.25, -0.2) is 0 Å². The quantitative estimate of drug-likeness (QED) is 0.685. The fourth-order valence-electron chi connectivity index (χ4n) is 1.65. The molecule has 16 heavy (non-hydrogen) atoms. The van der Waals surface area contributed by atoms with Crippen LogP contribution in [0.15, 0.2) is 6.07 Å². The zero-order chi connectivity index (χ0) is 11.6. The van der Waals surface area contributed by atoms with Crippen LogP contribution < -0.4 is 15.8 Å². The Hall–Kier alpha value is -1.56. The van der Waals surface area contributed by atoms with E-state index in [1.165, 1.54) is 7.11 Å². The summed E-state index contributed by atoms with van der Waals surface area (Å²) in [5.74, 6) is 1.14. The minimum atomic E-state index is -0.590. The van der Waals surface area contributed by atoms with Crippen molar-refractivity contribution < 1.29 is 9.84 Å². The molecule has 1 saturated carbocycles. The molecule has 1 aromatic heterocycles. The smallest absolute Gasteiger partial charge is 0.225 e. The lowest BCUT2D eigenvalue weighted by Gasteiger charge is -2.36. The van der Waals surface area contributed by atoms with Crippen LogP contribution in [0.25, 0.3) is 0 Å². The zero-order valence-corrected chi connectivity index (χ0v) is 9.23. The van der Waals surface area contributed by atoms with Gasteiger partial charge in [0.2, 0.25) is 11.8 Å². The maximum Gasteiger partial charge on any atom is 0.225 e. The number of anilines is 2. The third-order valence-electron chi connectivity index (χ3n) is 2.81. The van der Waals surface area contributed by atoms with E-state index in [-0.39, 0.29) is 5.95 Å². The van der Waals surface area contributed by atoms with E-state index in [0.717, 1.165) is 19.3 Å². The van der Waals surface area contributed by atoms with Gasteiger partial charge in [-0.1, -0.05) is 0 Å². The number of nitrogens with two attached hydrogens (primary N) is 1. The van der Waals surface area contributed by atoms with E-state index < -0.39 is 5.60 Å². The van der Waals surface area contributed by atoms with Gasteiger partial charge in [-0.05, 0) is 19.3 Å². The van der Waals surface area contributed by atoms with Gasteiger partial charge in [0.25, 0.3) is 0 Å². The van der Waals surface area contributed by atoms with Crippen molar-refractivity contribution in [3.05, 3.63) is 6.07 Å². The number of hydrogen-bond donors (Lipinski definition) is 3. The molecule has 6 heteroatoms. The molecule has 88 valence electrons. The molecule has 2 rings (SSSR count). The largest absolute Gasteiger partial charge is 0.481 e. The predicted molar refractivity (Wildman–Crippen MR) is 60.3 cm³/mol. The molecule has 4 N–H and O–H groups in total. The maximum atomic E-state index is 9.90. The molecule has 0 radical (unpaired) electrons. The summed E-state index contributed by atoms with van der Waals surface area (Å²) in [4.78, 5) is 7.88. The van der Waals surface area contributed by atoms with E-state index in [1.807, 2.05) is 0 Å². The molecule has 1 aliphatic carbocycles. The van der Waals surface area contributed by atoms with Crippen molar-refractivity contribution in [2.75, 3.05) is 24.7 Å². The molecule has 0 atom stereocenters. The topological polar surface area (TPSA) is 93.3 Å². The summed E-state index contributed by atoms with van der Waals surface area (Å²) in [6.45, 7) is 0.479. The minimum Gasteiger partial charge on any atom is -0.481 e. The highest BCUT2D eigenvalue weighted by Crippen LogP contribution is 2.31. The molecule has 1 fully saturated rings. The third-order valence-corrected chi connectivity index (χ3v) is 2.81. The standard InChI is InChI=1S/C10H16N4O2/c1-16-8-5-7(13-9(11)14-8)12-6-10(15)3-2-4-10/h5,15H,2-4,6H2,1H3,(H3,11,12,13,14). The van der Waals surface area contributed by atoms with Gasteiger partial charge in [-0.15, -0.1) is 0 Å². The first kappa shape index (κ1) is 10.9. The lowest BCUT2D eigenvalue weighted by Crippen LogP contribution is -2.43. The third kappa shape index (κ3) is 2.33. The summed E-state index contributed by atoms with van der Waals surface area (Å²) in [6.07, 6.45) is 2.74. The van der Waals surface area contributed by atoms with Gasteiger partial charge in [0, 0.05) is 12.6 Å². The first-order chi connectivity index (χ1) is 7.61. The number of nitrogen functional groups attached to an aromatic ring is 1. The summed E-state index contributed by atoms with van der Waals surface area (Å²) in [7, 11) is 1.52. The zero-order valence-electron chi connectivity index (χ0n) is 9.23. The normalized spacial score (nSPS) is 17.6. The number of aliphatic hydroxyl groups is 1. The van der Waals surface area contributed by atoms with E-state index in [0.29, 0.717) is 18.2 Å². The van der Waals surface area contributed by atoms with E-state index in [4.69, 9.17) is 10.5 Å². The van der Waals surface area contributed by atoms with Crippen molar-refractivity contribution in [2.45, 2.75) is 24.9 Å². The lowest BCUT2D eigenvalue weighted by molar-refractivity contribution is -0.0202. The molecule has 6 nitrogen and oxygen atoms in total. The van der Waals surface area contributed by atoms with Crippen LogP contribution in [-0.4, -0.2) is 34.3 Å². The lowest BCUT2D eigenvalue weighted by atomic mass is 9.80. The van der Waals surface area contributed by atoms with Gasteiger partial charge in [0.15, 0.2) is 0 Å². The second-order valence-corrected chi connectivity index (χ2v) is 4.09. The maximum absolute atomic E-state index is 9.90. The molecule has 0 unspecified atom stereocenters. The molecule has 0 aromatic carbocycles. The highest BCUT2D eigenvalue weighted by Gasteiger charge is 2.34. The molecule has 0 aliphatic heterocycles. The Balaban J connectivity index is 2.00. The Morgan fingerprint density at radius 3 is 2.88 bits per heavy atom. The van der Waals surface area contributed by atoms with Crippen molar-refractivity contribution in [2.24, 2.45) is 0 Å². The van der Waals surface area contributed by atoms with Crippen LogP contribution in [0, 0.1) is 0 Å². The van der Waals surface area contributed by atoms with Gasteiger partial charge in [0.1, 0.15) is 5.82 Å². The van der Waals surface area contributed by atoms with Crippen molar-refractivity contribution in [1.82, 2.24) is 9.97 Å². The summed E-state index contributed by atoms with van der Waals surface area (Å²) >= 11 is 0. The average Bonchev–Trinajstić information content (AvgIpc) is 2.23. The molecule has 0 saturated heterocycles. The van der Waals surface area contributed by atoms with E-state index in [9.17, 15) is 5.11 Å². The van der Waals surface area contributed by atoms with E-state index in [2.05, 4.69) is 15.3 Å². The van der Waals surface area contributed by atoms with Crippen molar-refractivity contribution in [3.8, 4) is 5.88 Å². The van der Waals surface area contributed by atoms with Gasteiger partial charge < -0.3 is 20.9 Å². The first-order valence-electron chi connectivity index (χ1n) is 5.26. The predicted octanol–water partition coefficient (Wildman–Crippen LogP) is 0.394. The molecular formula is C10H16N4O2. The number of nitrogens with one attached hydrogen (secondary N) is 1. The van der Waals surface area contributed by atoms with Crippen LogP contribution >= 0.6 is 0 Å². The highest BCUT2D eigenvalue weighted by molar-refractivity contribution is 5.43. The fourth-order valence-corrected chi connectivity index (χ4v) is 1.65. The van der Waals surface area contributed by atoms with Crippen molar-refractivity contribution >= 4 is 11.8 Å². The van der Waals surface area contributed by atoms with Gasteiger partial charge >= 0.3 is 0 Å². The summed E-state index contributed by atoms with van der Waals surface area (Å²) < 4.78 is 4.97. The molecule has 1 aromatic rings.